The van der Waals surface area contributed by atoms with Crippen molar-refractivity contribution in [2.45, 2.75) is 25.4 Å². The SMILES string of the molecule is CN1CCNCC1c1nc2c(c(C(=O)c3cc(Cc4n[nH]c(=O)c5ccccc45)ccc3F)n1)CNCC2. The van der Waals surface area contributed by atoms with Crippen molar-refractivity contribution in [3.05, 3.63) is 98.2 Å². The molecule has 194 valence electrons. The van der Waals surface area contributed by atoms with Gasteiger partial charge in [0.25, 0.3) is 5.56 Å². The van der Waals surface area contributed by atoms with Crippen LogP contribution in [0, 0.1) is 5.82 Å². The largest absolute Gasteiger partial charge is 0.313 e. The Morgan fingerprint density at radius 2 is 1.95 bits per heavy atom. The number of nitrogens with one attached hydrogen (secondary N) is 3. The van der Waals surface area contributed by atoms with E-state index >= 15 is 4.39 Å². The van der Waals surface area contributed by atoms with Crippen LogP contribution < -0.4 is 16.2 Å². The van der Waals surface area contributed by atoms with Crippen LogP contribution in [-0.4, -0.2) is 64.1 Å². The number of H-pyrrole nitrogens is 1. The average molecular weight is 514 g/mol. The molecule has 6 rings (SSSR count). The summed E-state index contributed by atoms with van der Waals surface area (Å²) in [5.74, 6) is -0.477. The van der Waals surface area contributed by atoms with Gasteiger partial charge in [0.05, 0.1) is 28.4 Å². The predicted octanol–water partition coefficient (Wildman–Crippen LogP) is 1.90. The lowest BCUT2D eigenvalue weighted by atomic mass is 9.96. The van der Waals surface area contributed by atoms with Gasteiger partial charge in [-0.2, -0.15) is 5.10 Å². The van der Waals surface area contributed by atoms with Crippen LogP contribution in [0.2, 0.25) is 0 Å². The number of carbonyl (C=O) groups excluding carboxylic acids is 1. The lowest BCUT2D eigenvalue weighted by Gasteiger charge is -2.32. The molecule has 4 aromatic rings. The number of fused-ring (bicyclic) bond motifs is 2. The fourth-order valence-corrected chi connectivity index (χ4v) is 5.28. The molecule has 1 fully saturated rings. The predicted molar refractivity (Wildman–Crippen MR) is 141 cm³/mol. The topological polar surface area (TPSA) is 116 Å². The number of benzene rings is 2. The summed E-state index contributed by atoms with van der Waals surface area (Å²) in [5.41, 5.74) is 2.87. The maximum atomic E-state index is 15.1. The second kappa shape index (κ2) is 10.1. The lowest BCUT2D eigenvalue weighted by molar-refractivity contribution is 0.102. The molecule has 0 saturated carbocycles. The number of piperazine rings is 1. The molecule has 2 aliphatic rings. The van der Waals surface area contributed by atoms with E-state index in [0.717, 1.165) is 36.3 Å². The molecule has 1 saturated heterocycles. The highest BCUT2D eigenvalue weighted by atomic mass is 19.1. The molecule has 0 spiro atoms. The molecular weight excluding hydrogens is 485 g/mol. The standard InChI is InChI=1S/C28H28FN7O2/c1-36-11-10-31-15-24(36)27-32-22-8-9-30-14-20(22)25(33-27)26(37)19-12-16(6-7-21(19)29)13-23-17-4-2-3-5-18(17)28(38)35-34-23/h2-7,12,24,30-31H,8-11,13-15H2,1H3,(H,35,38). The fraction of sp³-hybridized carbons (Fsp3) is 0.321. The number of nitrogens with zero attached hydrogens (tertiary/aromatic N) is 4. The van der Waals surface area contributed by atoms with Crippen molar-refractivity contribution in [3.8, 4) is 0 Å². The summed E-state index contributed by atoms with van der Waals surface area (Å²) in [4.78, 5) is 37.8. The summed E-state index contributed by atoms with van der Waals surface area (Å²) in [7, 11) is 2.02. The smallest absolute Gasteiger partial charge is 0.272 e. The summed E-state index contributed by atoms with van der Waals surface area (Å²) >= 11 is 0. The number of halogens is 1. The molecule has 4 heterocycles. The first-order valence-corrected chi connectivity index (χ1v) is 12.8. The molecule has 2 aromatic carbocycles. The lowest BCUT2D eigenvalue weighted by Crippen LogP contribution is -2.45. The van der Waals surface area contributed by atoms with Gasteiger partial charge in [0.15, 0.2) is 0 Å². The molecular formula is C28H28FN7O2. The molecule has 2 aromatic heterocycles. The van der Waals surface area contributed by atoms with E-state index in [2.05, 4.69) is 25.7 Å². The van der Waals surface area contributed by atoms with Crippen LogP contribution in [0.1, 0.15) is 50.4 Å². The number of ketones is 1. The van der Waals surface area contributed by atoms with Gasteiger partial charge >= 0.3 is 0 Å². The Hall–Kier alpha value is -3.86. The van der Waals surface area contributed by atoms with Gasteiger partial charge in [0, 0.05) is 56.5 Å². The van der Waals surface area contributed by atoms with Crippen molar-refractivity contribution in [1.29, 1.82) is 0 Å². The minimum atomic E-state index is -0.604. The van der Waals surface area contributed by atoms with Gasteiger partial charge in [0.1, 0.15) is 17.3 Å². The maximum Gasteiger partial charge on any atom is 0.272 e. The minimum absolute atomic E-state index is 0.0382. The van der Waals surface area contributed by atoms with Gasteiger partial charge < -0.3 is 10.6 Å². The number of hydrogen-bond acceptors (Lipinski definition) is 8. The van der Waals surface area contributed by atoms with Crippen molar-refractivity contribution < 1.29 is 9.18 Å². The van der Waals surface area contributed by atoms with Crippen molar-refractivity contribution >= 4 is 16.6 Å². The van der Waals surface area contributed by atoms with Gasteiger partial charge in [0.2, 0.25) is 5.78 Å². The molecule has 0 bridgehead atoms. The van der Waals surface area contributed by atoms with Gasteiger partial charge in [-0.3, -0.25) is 14.5 Å². The molecule has 3 N–H and O–H groups in total. The van der Waals surface area contributed by atoms with Crippen LogP contribution in [0.5, 0.6) is 0 Å². The Bertz CT molecular complexity index is 1600. The Labute approximate surface area is 218 Å². The monoisotopic (exact) mass is 513 g/mol. The van der Waals surface area contributed by atoms with Crippen LogP contribution in [0.25, 0.3) is 10.8 Å². The van der Waals surface area contributed by atoms with Gasteiger partial charge in [-0.15, -0.1) is 0 Å². The normalized spacial score (nSPS) is 17.9. The highest BCUT2D eigenvalue weighted by Gasteiger charge is 2.29. The number of likely N-dealkylation sites (N-methyl/N-ethyl adjacent to an activating group) is 1. The number of aromatic amines is 1. The molecule has 9 nitrogen and oxygen atoms in total. The Morgan fingerprint density at radius 1 is 1.11 bits per heavy atom. The Balaban J connectivity index is 1.39. The zero-order chi connectivity index (χ0) is 26.2. The summed E-state index contributed by atoms with van der Waals surface area (Å²) in [6.07, 6.45) is 1.01. The molecule has 10 heteroatoms. The molecule has 1 atom stereocenters. The van der Waals surface area contributed by atoms with Crippen LogP contribution in [-0.2, 0) is 19.4 Å². The quantitative estimate of drug-likeness (QED) is 0.347. The van der Waals surface area contributed by atoms with E-state index < -0.39 is 11.6 Å². The van der Waals surface area contributed by atoms with E-state index in [0.29, 0.717) is 48.4 Å². The van der Waals surface area contributed by atoms with Gasteiger partial charge in [-0.25, -0.2) is 19.5 Å². The highest BCUT2D eigenvalue weighted by molar-refractivity contribution is 6.09. The van der Waals surface area contributed by atoms with E-state index in [1.165, 1.54) is 6.07 Å². The first-order valence-electron chi connectivity index (χ1n) is 12.8. The zero-order valence-corrected chi connectivity index (χ0v) is 21.1. The number of hydrogen-bond donors (Lipinski definition) is 3. The summed E-state index contributed by atoms with van der Waals surface area (Å²) in [5, 5.41) is 14.7. The molecule has 0 radical (unpaired) electrons. The van der Waals surface area contributed by atoms with E-state index in [1.807, 2.05) is 19.2 Å². The molecule has 1 unspecified atom stereocenters. The third-order valence-corrected chi connectivity index (χ3v) is 7.40. The van der Waals surface area contributed by atoms with Crippen LogP contribution >= 0.6 is 0 Å². The van der Waals surface area contributed by atoms with Crippen molar-refractivity contribution in [3.63, 3.8) is 0 Å². The van der Waals surface area contributed by atoms with E-state index in [9.17, 15) is 9.59 Å². The summed E-state index contributed by atoms with van der Waals surface area (Å²) in [6.45, 7) is 3.64. The molecule has 2 aliphatic heterocycles. The Morgan fingerprint density at radius 3 is 2.79 bits per heavy atom. The van der Waals surface area contributed by atoms with Gasteiger partial charge in [-0.1, -0.05) is 24.3 Å². The third kappa shape index (κ3) is 4.51. The molecule has 0 amide bonds. The summed E-state index contributed by atoms with van der Waals surface area (Å²) < 4.78 is 15.1. The third-order valence-electron chi connectivity index (χ3n) is 7.40. The Kier molecular flexibility index (Phi) is 6.52. The molecule has 38 heavy (non-hydrogen) atoms. The number of aromatic nitrogens is 4. The molecule has 0 aliphatic carbocycles. The van der Waals surface area contributed by atoms with Crippen LogP contribution in [0.3, 0.4) is 0 Å². The first-order chi connectivity index (χ1) is 18.5. The van der Waals surface area contributed by atoms with Crippen molar-refractivity contribution in [2.24, 2.45) is 0 Å². The minimum Gasteiger partial charge on any atom is -0.313 e. The fourth-order valence-electron chi connectivity index (χ4n) is 5.28. The highest BCUT2D eigenvalue weighted by Crippen LogP contribution is 2.26. The van der Waals surface area contributed by atoms with Crippen molar-refractivity contribution in [2.75, 3.05) is 33.2 Å². The number of rotatable bonds is 5. The summed E-state index contributed by atoms with van der Waals surface area (Å²) in [6, 6.07) is 11.7. The second-order valence-corrected chi connectivity index (χ2v) is 9.85. The maximum absolute atomic E-state index is 15.1. The second-order valence-electron chi connectivity index (χ2n) is 9.85. The van der Waals surface area contributed by atoms with Crippen molar-refractivity contribution in [1.82, 2.24) is 35.7 Å². The van der Waals surface area contributed by atoms with Gasteiger partial charge in [-0.05, 0) is 30.8 Å². The zero-order valence-electron chi connectivity index (χ0n) is 21.1. The van der Waals surface area contributed by atoms with Crippen LogP contribution in [0.15, 0.2) is 47.3 Å². The van der Waals surface area contributed by atoms with Crippen LogP contribution in [0.4, 0.5) is 4.39 Å². The van der Waals surface area contributed by atoms with E-state index in [1.54, 1.807) is 24.3 Å². The van der Waals surface area contributed by atoms with E-state index in [4.69, 9.17) is 9.97 Å². The first kappa shape index (κ1) is 24.5. The number of carbonyl (C=O) groups is 1. The van der Waals surface area contributed by atoms with E-state index in [-0.39, 0.29) is 22.9 Å². The average Bonchev–Trinajstić information content (AvgIpc) is 2.95.